The maximum atomic E-state index is 14.5. The van der Waals surface area contributed by atoms with Gasteiger partial charge in [0, 0.05) is 41.5 Å². The number of hydrogen-bond acceptors (Lipinski definition) is 3. The topological polar surface area (TPSA) is 86.9 Å². The first-order valence-corrected chi connectivity index (χ1v) is 9.81. The van der Waals surface area contributed by atoms with E-state index in [4.69, 9.17) is 0 Å². The van der Waals surface area contributed by atoms with Gasteiger partial charge in [-0.2, -0.15) is 0 Å². The van der Waals surface area contributed by atoms with Crippen molar-refractivity contribution in [1.29, 1.82) is 0 Å². The Morgan fingerprint density at radius 2 is 2.07 bits per heavy atom. The van der Waals surface area contributed by atoms with Gasteiger partial charge in [-0.25, -0.2) is 9.37 Å². The number of rotatable bonds is 4. The Morgan fingerprint density at radius 1 is 1.21 bits per heavy atom. The maximum absolute atomic E-state index is 14.5. The van der Waals surface area contributed by atoms with Crippen molar-refractivity contribution in [2.75, 3.05) is 5.32 Å². The Kier molecular flexibility index (Phi) is 5.29. The molecule has 1 aliphatic rings. The van der Waals surface area contributed by atoms with Gasteiger partial charge in [-0.1, -0.05) is 18.6 Å². The Hall–Kier alpha value is -3.22. The lowest BCUT2D eigenvalue weighted by atomic mass is 9.85. The van der Waals surface area contributed by atoms with Gasteiger partial charge in [-0.3, -0.25) is 9.59 Å². The molecule has 2 amide bonds. The lowest BCUT2D eigenvalue weighted by Crippen LogP contribution is -2.40. The highest BCUT2D eigenvalue weighted by Crippen LogP contribution is 2.32. The molecule has 0 aliphatic heterocycles. The molecule has 2 atom stereocenters. The van der Waals surface area contributed by atoms with Crippen molar-refractivity contribution in [2.24, 2.45) is 5.92 Å². The Morgan fingerprint density at radius 3 is 2.90 bits per heavy atom. The van der Waals surface area contributed by atoms with Crippen LogP contribution in [0, 0.1) is 11.7 Å². The molecule has 0 saturated heterocycles. The summed E-state index contributed by atoms with van der Waals surface area (Å²) in [5, 5.41) is 6.63. The van der Waals surface area contributed by atoms with Gasteiger partial charge in [0.1, 0.15) is 11.6 Å². The molecule has 0 spiro atoms. The molecule has 0 unspecified atom stereocenters. The maximum Gasteiger partial charge on any atom is 0.228 e. The zero-order valence-corrected chi connectivity index (χ0v) is 16.2. The van der Waals surface area contributed by atoms with E-state index in [1.54, 1.807) is 6.07 Å². The van der Waals surface area contributed by atoms with Crippen molar-refractivity contribution < 1.29 is 14.0 Å². The number of H-pyrrole nitrogens is 1. The molecular weight excluding hydrogens is 371 g/mol. The van der Waals surface area contributed by atoms with Crippen molar-refractivity contribution in [3.63, 3.8) is 0 Å². The third kappa shape index (κ3) is 4.13. The minimum Gasteiger partial charge on any atom is -0.361 e. The number of aromatic amines is 1. The number of nitrogens with zero attached hydrogens (tertiary/aromatic N) is 1. The normalized spacial score (nSPS) is 19.1. The van der Waals surface area contributed by atoms with Crippen LogP contribution in [-0.2, 0) is 9.59 Å². The molecule has 1 fully saturated rings. The van der Waals surface area contributed by atoms with Crippen molar-refractivity contribution in [3.05, 3.63) is 48.5 Å². The van der Waals surface area contributed by atoms with E-state index in [9.17, 15) is 14.0 Å². The monoisotopic (exact) mass is 394 g/mol. The number of pyridine rings is 1. The zero-order chi connectivity index (χ0) is 20.4. The number of anilines is 1. The van der Waals surface area contributed by atoms with Crippen LogP contribution in [0.25, 0.3) is 22.0 Å². The van der Waals surface area contributed by atoms with Crippen LogP contribution in [0.5, 0.6) is 0 Å². The summed E-state index contributed by atoms with van der Waals surface area (Å²) < 4.78 is 14.5. The van der Waals surface area contributed by atoms with Crippen LogP contribution in [0.15, 0.2) is 42.7 Å². The second kappa shape index (κ2) is 8.03. The van der Waals surface area contributed by atoms with E-state index < -0.39 is 5.82 Å². The van der Waals surface area contributed by atoms with Gasteiger partial charge in [0.15, 0.2) is 0 Å². The highest BCUT2D eigenvalue weighted by atomic mass is 19.1. The third-order valence-corrected chi connectivity index (χ3v) is 5.44. The van der Waals surface area contributed by atoms with Crippen LogP contribution < -0.4 is 10.6 Å². The summed E-state index contributed by atoms with van der Waals surface area (Å²) in [6.45, 7) is 1.48. The van der Waals surface area contributed by atoms with Crippen LogP contribution in [0.1, 0.15) is 32.6 Å². The summed E-state index contributed by atoms with van der Waals surface area (Å²) in [6.07, 6.45) is 6.06. The zero-order valence-electron chi connectivity index (χ0n) is 16.2. The fourth-order valence-electron chi connectivity index (χ4n) is 4.11. The standard InChI is InChI=1S/C22H23FN4O2/c1-13(28)26-15-5-2-4-14(10-15)22(29)27-21-11-18(19(23)12-25-21)16-6-3-7-20-17(16)8-9-24-20/h3,6-9,11-12,14-15,24H,2,4-5,10H2,1H3,(H,26,28)(H,25,27,29)/t14-,15+/m0/s1. The molecule has 0 bridgehead atoms. The average Bonchev–Trinajstić information content (AvgIpc) is 3.18. The summed E-state index contributed by atoms with van der Waals surface area (Å²) in [7, 11) is 0. The molecule has 29 heavy (non-hydrogen) atoms. The second-order valence-corrected chi connectivity index (χ2v) is 7.54. The number of halogens is 1. The number of aromatic nitrogens is 2. The van der Waals surface area contributed by atoms with Gasteiger partial charge < -0.3 is 15.6 Å². The molecule has 0 radical (unpaired) electrons. The minimum absolute atomic E-state index is 0.0138. The highest BCUT2D eigenvalue weighted by molar-refractivity contribution is 5.97. The molecule has 1 aromatic carbocycles. The van der Waals surface area contributed by atoms with E-state index in [1.807, 2.05) is 30.5 Å². The predicted octanol–water partition coefficient (Wildman–Crippen LogP) is 4.00. The van der Waals surface area contributed by atoms with Gasteiger partial charge >= 0.3 is 0 Å². The van der Waals surface area contributed by atoms with Gasteiger partial charge in [0.25, 0.3) is 0 Å². The average molecular weight is 394 g/mol. The lowest BCUT2D eigenvalue weighted by Gasteiger charge is -2.28. The summed E-state index contributed by atoms with van der Waals surface area (Å²) in [4.78, 5) is 31.2. The smallest absolute Gasteiger partial charge is 0.228 e. The largest absolute Gasteiger partial charge is 0.361 e. The van der Waals surface area contributed by atoms with Gasteiger partial charge in [0.05, 0.1) is 6.20 Å². The van der Waals surface area contributed by atoms with Crippen LogP contribution in [-0.4, -0.2) is 27.8 Å². The molecule has 1 aliphatic carbocycles. The summed E-state index contributed by atoms with van der Waals surface area (Å²) in [5.41, 5.74) is 2.04. The molecule has 2 aromatic heterocycles. The summed E-state index contributed by atoms with van der Waals surface area (Å²) in [5.74, 6) is -0.561. The van der Waals surface area contributed by atoms with Crippen molar-refractivity contribution >= 4 is 28.5 Å². The Labute approximate surface area is 167 Å². The molecule has 2 heterocycles. The highest BCUT2D eigenvalue weighted by Gasteiger charge is 2.28. The van der Waals surface area contributed by atoms with Crippen LogP contribution in [0.3, 0.4) is 0 Å². The fourth-order valence-corrected chi connectivity index (χ4v) is 4.11. The number of carbonyl (C=O) groups excluding carboxylic acids is 2. The number of benzene rings is 1. The predicted molar refractivity (Wildman–Crippen MR) is 110 cm³/mol. The Bertz CT molecular complexity index is 1060. The molecule has 6 nitrogen and oxygen atoms in total. The molecule has 3 aromatic rings. The fraction of sp³-hybridized carbons (Fsp3) is 0.318. The van der Waals surface area contributed by atoms with Gasteiger partial charge in [-0.15, -0.1) is 0 Å². The van der Waals surface area contributed by atoms with Crippen LogP contribution in [0.2, 0.25) is 0 Å². The molecule has 4 rings (SSSR count). The first-order chi connectivity index (χ1) is 14.0. The first-order valence-electron chi connectivity index (χ1n) is 9.81. The summed E-state index contributed by atoms with van der Waals surface area (Å²) >= 11 is 0. The third-order valence-electron chi connectivity index (χ3n) is 5.44. The molecule has 1 saturated carbocycles. The lowest BCUT2D eigenvalue weighted by molar-refractivity contribution is -0.123. The quantitative estimate of drug-likeness (QED) is 0.625. The Balaban J connectivity index is 1.54. The number of hydrogen-bond donors (Lipinski definition) is 3. The number of nitrogens with one attached hydrogen (secondary N) is 3. The van der Waals surface area contributed by atoms with E-state index in [1.165, 1.54) is 6.92 Å². The second-order valence-electron chi connectivity index (χ2n) is 7.54. The first kappa shape index (κ1) is 19.1. The van der Waals surface area contributed by atoms with Crippen molar-refractivity contribution in [1.82, 2.24) is 15.3 Å². The van der Waals surface area contributed by atoms with E-state index in [2.05, 4.69) is 20.6 Å². The molecular formula is C22H23FN4O2. The van der Waals surface area contributed by atoms with Crippen molar-refractivity contribution in [3.8, 4) is 11.1 Å². The van der Waals surface area contributed by atoms with E-state index in [0.29, 0.717) is 17.8 Å². The number of fused-ring (bicyclic) bond motifs is 1. The van der Waals surface area contributed by atoms with Crippen LogP contribution in [0.4, 0.5) is 10.2 Å². The van der Waals surface area contributed by atoms with E-state index >= 15 is 0 Å². The molecule has 7 heteroatoms. The molecule has 3 N–H and O–H groups in total. The molecule has 150 valence electrons. The summed E-state index contributed by atoms with van der Waals surface area (Å²) in [6, 6.07) is 9.11. The number of carbonyl (C=O) groups is 2. The van der Waals surface area contributed by atoms with E-state index in [-0.39, 0.29) is 23.8 Å². The van der Waals surface area contributed by atoms with E-state index in [0.717, 1.165) is 41.9 Å². The SMILES string of the molecule is CC(=O)N[C@@H]1CCC[C@H](C(=O)Nc2cc(-c3cccc4[nH]ccc34)c(F)cn2)C1. The van der Waals surface area contributed by atoms with Gasteiger partial charge in [-0.05, 0) is 43.0 Å². The minimum atomic E-state index is -0.444. The number of amides is 2. The van der Waals surface area contributed by atoms with Gasteiger partial charge in [0.2, 0.25) is 11.8 Å². The van der Waals surface area contributed by atoms with Crippen molar-refractivity contribution in [2.45, 2.75) is 38.6 Å². The van der Waals surface area contributed by atoms with Crippen LogP contribution >= 0.6 is 0 Å².